The number of rotatable bonds is 7. The topological polar surface area (TPSA) is 46.2 Å². The normalized spacial score (nSPS) is 23.5. The molecular formula is C11H23NO2S2. The van der Waals surface area contributed by atoms with Crippen molar-refractivity contribution in [1.29, 1.82) is 0 Å². The van der Waals surface area contributed by atoms with Crippen LogP contribution in [0, 0.1) is 5.92 Å². The number of hydrogen-bond donors (Lipinski definition) is 1. The lowest BCUT2D eigenvalue weighted by atomic mass is 9.95. The lowest BCUT2D eigenvalue weighted by Crippen LogP contribution is -2.34. The van der Waals surface area contributed by atoms with Gasteiger partial charge in [-0.2, -0.15) is 11.8 Å². The van der Waals surface area contributed by atoms with Gasteiger partial charge in [-0.05, 0) is 43.7 Å². The zero-order chi connectivity index (χ0) is 12.0. The predicted octanol–water partition coefficient (Wildman–Crippen LogP) is 1.54. The molecule has 0 saturated carbocycles. The molecule has 16 heavy (non-hydrogen) atoms. The Morgan fingerprint density at radius 3 is 2.75 bits per heavy atom. The van der Waals surface area contributed by atoms with Crippen LogP contribution in [0.1, 0.15) is 26.2 Å². The molecule has 0 radical (unpaired) electrons. The highest BCUT2D eigenvalue weighted by Crippen LogP contribution is 2.27. The van der Waals surface area contributed by atoms with Crippen LogP contribution in [0.5, 0.6) is 0 Å². The van der Waals surface area contributed by atoms with E-state index in [0.29, 0.717) is 11.8 Å². The van der Waals surface area contributed by atoms with Crippen LogP contribution in [-0.2, 0) is 9.84 Å². The zero-order valence-electron chi connectivity index (χ0n) is 10.2. The summed E-state index contributed by atoms with van der Waals surface area (Å²) in [5, 5.41) is 3.34. The Morgan fingerprint density at radius 1 is 1.50 bits per heavy atom. The molecule has 0 amide bonds. The molecule has 1 rings (SSSR count). The van der Waals surface area contributed by atoms with Crippen LogP contribution in [0.3, 0.4) is 0 Å². The summed E-state index contributed by atoms with van der Waals surface area (Å²) in [4.78, 5) is 0. The Kier molecular flexibility index (Phi) is 6.15. The first-order chi connectivity index (χ1) is 7.59. The Hall–Kier alpha value is 0.260. The number of sulfone groups is 1. The van der Waals surface area contributed by atoms with Gasteiger partial charge in [-0.15, -0.1) is 0 Å². The van der Waals surface area contributed by atoms with Crippen molar-refractivity contribution < 1.29 is 8.42 Å². The highest BCUT2D eigenvalue weighted by Gasteiger charge is 2.24. The first-order valence-electron chi connectivity index (χ1n) is 6.04. The van der Waals surface area contributed by atoms with Gasteiger partial charge >= 0.3 is 0 Å². The van der Waals surface area contributed by atoms with Crippen molar-refractivity contribution >= 4 is 21.6 Å². The summed E-state index contributed by atoms with van der Waals surface area (Å²) in [7, 11) is -0.792. The molecule has 0 aromatic carbocycles. The molecule has 0 bridgehead atoms. The summed E-state index contributed by atoms with van der Waals surface area (Å²) in [6.07, 6.45) is 3.06. The molecule has 3 nitrogen and oxygen atoms in total. The zero-order valence-corrected chi connectivity index (χ0v) is 11.9. The molecule has 1 aliphatic heterocycles. The molecule has 2 atom stereocenters. The smallest absolute Gasteiger partial charge is 0.150 e. The molecule has 5 heteroatoms. The minimum atomic E-state index is -2.78. The monoisotopic (exact) mass is 265 g/mol. The van der Waals surface area contributed by atoms with E-state index < -0.39 is 9.84 Å². The molecule has 1 N–H and O–H groups in total. The van der Waals surface area contributed by atoms with Gasteiger partial charge in [-0.25, -0.2) is 8.42 Å². The third-order valence-electron chi connectivity index (χ3n) is 3.32. The third-order valence-corrected chi connectivity index (χ3v) is 6.29. The van der Waals surface area contributed by atoms with E-state index in [1.165, 1.54) is 17.9 Å². The van der Waals surface area contributed by atoms with Gasteiger partial charge in [0.1, 0.15) is 9.84 Å². The minimum absolute atomic E-state index is 0.274. The van der Waals surface area contributed by atoms with Crippen molar-refractivity contribution in [3.63, 3.8) is 0 Å². The average molecular weight is 265 g/mol. The van der Waals surface area contributed by atoms with Gasteiger partial charge < -0.3 is 5.32 Å². The van der Waals surface area contributed by atoms with E-state index in [2.05, 4.69) is 5.32 Å². The first-order valence-corrected chi connectivity index (χ1v) is 9.02. The largest absolute Gasteiger partial charge is 0.317 e. The van der Waals surface area contributed by atoms with Crippen LogP contribution >= 0.6 is 11.8 Å². The van der Waals surface area contributed by atoms with Crippen LogP contribution in [0.4, 0.5) is 0 Å². The highest BCUT2D eigenvalue weighted by atomic mass is 32.2. The van der Waals surface area contributed by atoms with Gasteiger partial charge in [0, 0.05) is 11.8 Å². The van der Waals surface area contributed by atoms with Gasteiger partial charge in [-0.1, -0.05) is 6.92 Å². The van der Waals surface area contributed by atoms with Gasteiger partial charge in [0.05, 0.1) is 5.75 Å². The Labute approximate surface area is 104 Å². The molecule has 0 aromatic heterocycles. The van der Waals surface area contributed by atoms with Gasteiger partial charge in [-0.3, -0.25) is 0 Å². The maximum absolute atomic E-state index is 11.4. The van der Waals surface area contributed by atoms with E-state index in [9.17, 15) is 8.42 Å². The first kappa shape index (κ1) is 14.3. The van der Waals surface area contributed by atoms with E-state index in [-0.39, 0.29) is 5.75 Å². The molecule has 1 saturated heterocycles. The van der Waals surface area contributed by atoms with E-state index in [1.807, 2.05) is 18.8 Å². The Balaban J connectivity index is 2.29. The molecular weight excluding hydrogens is 242 g/mol. The standard InChI is InChI=1S/C11H23NO2S2/c1-3-16(13,14)8-4-5-11(12-2)10-6-7-15-9-10/h10-12H,3-9H2,1-2H3. The van der Waals surface area contributed by atoms with Gasteiger partial charge in [0.2, 0.25) is 0 Å². The van der Waals surface area contributed by atoms with Crippen molar-refractivity contribution in [2.24, 2.45) is 5.92 Å². The average Bonchev–Trinajstić information content (AvgIpc) is 2.78. The maximum atomic E-state index is 11.4. The van der Waals surface area contributed by atoms with Crippen molar-refractivity contribution in [2.45, 2.75) is 32.2 Å². The SMILES string of the molecule is CCS(=O)(=O)CCCC(NC)C1CCSC1. The second-order valence-electron chi connectivity index (χ2n) is 4.40. The fourth-order valence-corrected chi connectivity index (χ4v) is 4.39. The van der Waals surface area contributed by atoms with E-state index in [1.54, 1.807) is 6.92 Å². The van der Waals surface area contributed by atoms with Gasteiger partial charge in [0.15, 0.2) is 0 Å². The maximum Gasteiger partial charge on any atom is 0.150 e. The van der Waals surface area contributed by atoms with E-state index in [0.717, 1.165) is 18.8 Å². The van der Waals surface area contributed by atoms with Gasteiger partial charge in [0.25, 0.3) is 0 Å². The van der Waals surface area contributed by atoms with Crippen molar-refractivity contribution in [3.8, 4) is 0 Å². The quantitative estimate of drug-likeness (QED) is 0.758. The Morgan fingerprint density at radius 2 is 2.25 bits per heavy atom. The van der Waals surface area contributed by atoms with Crippen molar-refractivity contribution in [1.82, 2.24) is 5.32 Å². The fraction of sp³-hybridized carbons (Fsp3) is 1.00. The van der Waals surface area contributed by atoms with Crippen LogP contribution in [-0.4, -0.2) is 44.5 Å². The molecule has 0 spiro atoms. The molecule has 0 aliphatic carbocycles. The lowest BCUT2D eigenvalue weighted by molar-refractivity contribution is 0.381. The van der Waals surface area contributed by atoms with Crippen LogP contribution < -0.4 is 5.32 Å². The molecule has 2 unspecified atom stereocenters. The molecule has 96 valence electrons. The summed E-state index contributed by atoms with van der Waals surface area (Å²) in [5.74, 6) is 3.85. The minimum Gasteiger partial charge on any atom is -0.317 e. The number of hydrogen-bond acceptors (Lipinski definition) is 4. The molecule has 1 heterocycles. The number of nitrogens with one attached hydrogen (secondary N) is 1. The van der Waals surface area contributed by atoms with Crippen molar-refractivity contribution in [2.75, 3.05) is 30.1 Å². The van der Waals surface area contributed by atoms with E-state index in [4.69, 9.17) is 0 Å². The summed E-state index contributed by atoms with van der Waals surface area (Å²) in [5.41, 5.74) is 0. The summed E-state index contributed by atoms with van der Waals surface area (Å²) in [6, 6.07) is 0.502. The summed E-state index contributed by atoms with van der Waals surface area (Å²) >= 11 is 2.01. The van der Waals surface area contributed by atoms with Crippen LogP contribution in [0.25, 0.3) is 0 Å². The fourth-order valence-electron chi connectivity index (χ4n) is 2.15. The Bertz CT molecular complexity index is 284. The summed E-state index contributed by atoms with van der Waals surface area (Å²) < 4.78 is 22.7. The third kappa shape index (κ3) is 4.63. The highest BCUT2D eigenvalue weighted by molar-refractivity contribution is 7.99. The predicted molar refractivity (Wildman–Crippen MR) is 71.8 cm³/mol. The van der Waals surface area contributed by atoms with Crippen LogP contribution in [0.2, 0.25) is 0 Å². The number of thioether (sulfide) groups is 1. The molecule has 0 aromatic rings. The lowest BCUT2D eigenvalue weighted by Gasteiger charge is -2.22. The molecule has 1 fully saturated rings. The van der Waals surface area contributed by atoms with Crippen molar-refractivity contribution in [3.05, 3.63) is 0 Å². The van der Waals surface area contributed by atoms with Crippen LogP contribution in [0.15, 0.2) is 0 Å². The second-order valence-corrected chi connectivity index (χ2v) is 8.02. The molecule has 1 aliphatic rings. The van der Waals surface area contributed by atoms with E-state index >= 15 is 0 Å². The summed E-state index contributed by atoms with van der Waals surface area (Å²) in [6.45, 7) is 1.72. The second kappa shape index (κ2) is 6.87.